The fourth-order valence-corrected chi connectivity index (χ4v) is 16.1. The largest absolute Gasteiger partial charge is 0.777 e. The summed E-state index contributed by atoms with van der Waals surface area (Å²) in [5, 5.41) is 0. The zero-order valence-electron chi connectivity index (χ0n) is 70.7. The fourth-order valence-electron chi connectivity index (χ4n) is 16.1. The molecule has 4 aromatic heterocycles. The highest BCUT2D eigenvalue weighted by Crippen LogP contribution is 2.58. The highest BCUT2D eigenvalue weighted by atomic mass is 16.9. The van der Waals surface area contributed by atoms with Gasteiger partial charge >= 0.3 is 13.9 Å². The Morgan fingerprint density at radius 2 is 0.360 bits per heavy atom. The Morgan fingerprint density at radius 1 is 0.184 bits per heavy atom. The van der Waals surface area contributed by atoms with Crippen molar-refractivity contribution in [2.75, 3.05) is 0 Å². The average Bonchev–Trinajstić information content (AvgIpc) is 1.56. The summed E-state index contributed by atoms with van der Waals surface area (Å²) in [4.78, 5) is 20.9. The summed E-state index contributed by atoms with van der Waals surface area (Å²) in [6, 6.07) is 60.4. The predicted molar refractivity (Wildman–Crippen MR) is 465 cm³/mol. The minimum Gasteiger partial charge on any atom is -0.611 e. The second-order valence-corrected chi connectivity index (χ2v) is 40.3. The summed E-state index contributed by atoms with van der Waals surface area (Å²) in [5.41, 5.74) is 21.6. The van der Waals surface area contributed by atoms with Gasteiger partial charge in [-0.05, 0) is 256 Å². The van der Waals surface area contributed by atoms with E-state index in [9.17, 15) is 0 Å². The molecule has 114 heavy (non-hydrogen) atoms. The van der Waals surface area contributed by atoms with E-state index in [1.165, 1.54) is 0 Å². The van der Waals surface area contributed by atoms with Gasteiger partial charge in [-0.3, -0.25) is 19.9 Å². The number of nitrogens with zero attached hydrogens (tertiary/aromatic N) is 4. The van der Waals surface area contributed by atoms with Crippen LogP contribution in [0.4, 0.5) is 0 Å². The van der Waals surface area contributed by atoms with Gasteiger partial charge in [0.2, 0.25) is 0 Å². The zero-order valence-corrected chi connectivity index (χ0v) is 70.7. The number of fused-ring (bicyclic) bond motifs is 22. The molecule has 0 saturated carbocycles. The van der Waals surface area contributed by atoms with E-state index < -0.39 is 13.9 Å². The maximum absolute atomic E-state index is 7.96. The third kappa shape index (κ3) is 13.5. The molecular weight excluding hydrogens is 1410 g/mol. The van der Waals surface area contributed by atoms with Crippen LogP contribution in [0.1, 0.15) is 211 Å². The first-order valence-corrected chi connectivity index (χ1v) is 40.3. The summed E-state index contributed by atoms with van der Waals surface area (Å²) in [6.45, 7) is 47.0. The molecule has 5 aliphatic heterocycles. The molecule has 0 unspecified atom stereocenters. The molecular formula is C100H104B2N4O8-2. The van der Waals surface area contributed by atoms with Crippen LogP contribution >= 0.6 is 0 Å². The number of aromatic nitrogens is 4. The van der Waals surface area contributed by atoms with E-state index >= 15 is 0 Å². The maximum Gasteiger partial charge on any atom is 0.777 e. The van der Waals surface area contributed by atoms with Gasteiger partial charge in [0.05, 0.1) is 68.8 Å². The Balaban J connectivity index is 1.01. The molecule has 0 fully saturated rings. The van der Waals surface area contributed by atoms with Crippen molar-refractivity contribution in [2.24, 2.45) is 0 Å². The van der Waals surface area contributed by atoms with Crippen molar-refractivity contribution in [3.05, 3.63) is 239 Å². The smallest absolute Gasteiger partial charge is 0.611 e. The van der Waals surface area contributed by atoms with Crippen molar-refractivity contribution in [2.45, 2.75) is 209 Å². The van der Waals surface area contributed by atoms with E-state index in [1.807, 2.05) is 49.1 Å². The van der Waals surface area contributed by atoms with Gasteiger partial charge in [-0.1, -0.05) is 190 Å². The number of benzene rings is 8. The molecule has 14 heteroatoms. The number of hydrogen-bond acceptors (Lipinski definition) is 12. The van der Waals surface area contributed by atoms with E-state index in [-0.39, 0.29) is 43.3 Å². The Bertz CT molecular complexity index is 5270. The van der Waals surface area contributed by atoms with Crippen LogP contribution in [0.25, 0.3) is 112 Å². The molecule has 12 aromatic rings. The van der Waals surface area contributed by atoms with Crippen molar-refractivity contribution >= 4 is 13.9 Å². The van der Waals surface area contributed by atoms with Gasteiger partial charge in [0.15, 0.2) is 0 Å². The molecule has 0 N–H and O–H groups in total. The van der Waals surface area contributed by atoms with Crippen LogP contribution < -0.4 is 37.2 Å². The molecule has 580 valence electrons. The van der Waals surface area contributed by atoms with Gasteiger partial charge in [0.25, 0.3) is 0 Å². The molecule has 0 atom stereocenters. The van der Waals surface area contributed by atoms with Crippen LogP contribution in [-0.2, 0) is 43.3 Å². The first-order chi connectivity index (χ1) is 53.3. The van der Waals surface area contributed by atoms with Crippen LogP contribution in [0.3, 0.4) is 0 Å². The summed E-state index contributed by atoms with van der Waals surface area (Å²) in [7, 11) is 0. The molecule has 0 aliphatic carbocycles. The quantitative estimate of drug-likeness (QED) is 0.134. The molecule has 14 bridgehead atoms. The van der Waals surface area contributed by atoms with Gasteiger partial charge < -0.3 is 37.2 Å². The Labute approximate surface area is 673 Å². The number of hydrogen-bond donors (Lipinski definition) is 0. The molecule has 0 amide bonds. The monoisotopic (exact) mass is 1510 g/mol. The fraction of sp³-hybridized carbons (Fsp3) is 0.320. The molecule has 0 radical (unpaired) electrons. The second kappa shape index (κ2) is 25.7. The average molecular weight is 1510 g/mol. The van der Waals surface area contributed by atoms with Crippen LogP contribution in [0, 0.1) is 0 Å². The predicted octanol–water partition coefficient (Wildman–Crippen LogP) is 26.0. The maximum atomic E-state index is 7.96. The minimum absolute atomic E-state index is 0.259. The van der Waals surface area contributed by atoms with Gasteiger partial charge in [-0.25, -0.2) is 0 Å². The normalized spacial score (nSPS) is 15.0. The number of pyridine rings is 4. The molecule has 17 rings (SSSR count). The SMILES string of the molecule is CC(C)(C)c1ccc2c(c1)-c1cc(C(C)(C)C)cc3c1O[B-]1(O2)Oc2ccc(C(C)(C)C)cc2-c2cc(C(C)(C)C)cc(c2O1)-c1ccnc(c1)-c1cc(ccn1)-c1cc(C(C)(C)C)cc2c1O[B-]1(Oc4ccc(C(C)(C)C)cc4-c4cc(C(C)(C)C)cc(c4O1)-c1ccnc(c1)-c1cc-3ccn1)Oc1ccc(C(C)(C)C)cc1-2. The summed E-state index contributed by atoms with van der Waals surface area (Å²) >= 11 is 0. The van der Waals surface area contributed by atoms with Gasteiger partial charge in [0, 0.05) is 91.5 Å². The molecule has 2 spiro atoms. The third-order valence-electron chi connectivity index (χ3n) is 23.3. The summed E-state index contributed by atoms with van der Waals surface area (Å²) in [5.74, 6) is 4.15. The first kappa shape index (κ1) is 75.6. The standard InChI is InChI=1S/C100H104B2N4O8/c1-93(2,3)61-25-29-85-73(45-61)77-53-65(97(13,14)15)49-69-57-33-37-103-81(41-57)82-43-59(35-39-104-82)71-51-67(99(19,20)21)55-79-75-47-63(95(7,8)9)27-31-87(75)109-102(113-91(71)79)110-88-32-28-64(96(10,11)12)48-76(88)80-56-68(100(22,23)24)52-72(92(80)114-102)60-36-40-106-84(44-60)83-42-58(34-38-105-83)70-50-66(98(16,17)18)54-78-74-46-62(94(4,5)6)26-30-86(74)108-101(107-85,111-89(69)77)112-90(70)78/h25-56H,1-24H3/q-2. The Morgan fingerprint density at radius 3 is 0.544 bits per heavy atom. The number of rotatable bonds is 0. The van der Waals surface area contributed by atoms with Crippen molar-refractivity contribution < 1.29 is 37.2 Å². The van der Waals surface area contributed by atoms with E-state index in [0.29, 0.717) is 68.8 Å². The minimum atomic E-state index is -3.42. The lowest BCUT2D eigenvalue weighted by atomic mass is 9.81. The lowest BCUT2D eigenvalue weighted by molar-refractivity contribution is 0.166. The van der Waals surface area contributed by atoms with Gasteiger partial charge in [0.1, 0.15) is 0 Å². The summed E-state index contributed by atoms with van der Waals surface area (Å²) < 4.78 is 62.5. The topological polar surface area (TPSA) is 125 Å². The second-order valence-electron chi connectivity index (χ2n) is 40.3. The van der Waals surface area contributed by atoms with Crippen molar-refractivity contribution in [1.82, 2.24) is 19.9 Å². The van der Waals surface area contributed by atoms with Crippen molar-refractivity contribution in [1.29, 1.82) is 0 Å². The Kier molecular flexibility index (Phi) is 17.0. The highest BCUT2D eigenvalue weighted by molar-refractivity contribution is 6.59. The van der Waals surface area contributed by atoms with E-state index in [2.05, 4.69) is 312 Å². The molecule has 9 heterocycles. The van der Waals surface area contributed by atoms with Crippen LogP contribution in [0.2, 0.25) is 0 Å². The van der Waals surface area contributed by atoms with Crippen LogP contribution in [0.15, 0.2) is 195 Å². The lowest BCUT2D eigenvalue weighted by Gasteiger charge is -2.41. The van der Waals surface area contributed by atoms with Crippen molar-refractivity contribution in [3.8, 4) is 158 Å². The lowest BCUT2D eigenvalue weighted by Crippen LogP contribution is -2.60. The molecule has 5 aliphatic rings. The molecule has 8 aromatic carbocycles. The molecule has 12 nitrogen and oxygen atoms in total. The van der Waals surface area contributed by atoms with Gasteiger partial charge in [-0.15, -0.1) is 0 Å². The van der Waals surface area contributed by atoms with E-state index in [0.717, 1.165) is 134 Å². The van der Waals surface area contributed by atoms with Crippen molar-refractivity contribution in [3.63, 3.8) is 0 Å². The zero-order chi connectivity index (χ0) is 80.9. The highest BCUT2D eigenvalue weighted by Gasteiger charge is 2.52. The van der Waals surface area contributed by atoms with Crippen LogP contribution in [-0.4, -0.2) is 33.9 Å². The third-order valence-corrected chi connectivity index (χ3v) is 23.3. The van der Waals surface area contributed by atoms with E-state index in [4.69, 9.17) is 57.2 Å². The molecule has 0 saturated heterocycles. The Hall–Kier alpha value is -11.1. The summed E-state index contributed by atoms with van der Waals surface area (Å²) in [6.07, 6.45) is 7.44. The first-order valence-electron chi connectivity index (χ1n) is 40.3. The van der Waals surface area contributed by atoms with E-state index in [1.54, 1.807) is 0 Å². The van der Waals surface area contributed by atoms with Crippen LogP contribution in [0.5, 0.6) is 46.0 Å². The van der Waals surface area contributed by atoms with Gasteiger partial charge in [-0.2, -0.15) is 0 Å².